The van der Waals surface area contributed by atoms with Crippen LogP contribution >= 0.6 is 11.8 Å². The molecule has 0 atom stereocenters. The third-order valence-electron chi connectivity index (χ3n) is 4.30. The minimum Gasteiger partial charge on any atom is -0.354 e. The summed E-state index contributed by atoms with van der Waals surface area (Å²) in [6.45, 7) is 2.01. The number of pyridine rings is 1. The average Bonchev–Trinajstić information content (AvgIpc) is 2.64. The van der Waals surface area contributed by atoms with Crippen molar-refractivity contribution < 1.29 is 0 Å². The monoisotopic (exact) mass is 356 g/mol. The van der Waals surface area contributed by atoms with Crippen molar-refractivity contribution in [3.63, 3.8) is 0 Å². The second kappa shape index (κ2) is 6.76. The van der Waals surface area contributed by atoms with Gasteiger partial charge in [0.1, 0.15) is 5.39 Å². The van der Waals surface area contributed by atoms with Crippen LogP contribution in [0, 0.1) is 0 Å². The number of fused-ring (bicyclic) bond motifs is 1. The summed E-state index contributed by atoms with van der Waals surface area (Å²) in [5.41, 5.74) is 2.22. The van der Waals surface area contributed by atoms with E-state index in [1.807, 2.05) is 37.4 Å². The molecule has 0 aliphatic carbocycles. The molecule has 25 heavy (non-hydrogen) atoms. The van der Waals surface area contributed by atoms with Crippen molar-refractivity contribution in [2.75, 3.05) is 11.6 Å². The van der Waals surface area contributed by atoms with Gasteiger partial charge in [-0.25, -0.2) is 9.78 Å². The quantitative estimate of drug-likeness (QED) is 0.728. The SMILES string of the molecule is CCc1cnc2c(c1Nc1ccccc1SC)c(=O)n(C)c(=O)n2C. The molecular formula is C18H20N4O2S. The van der Waals surface area contributed by atoms with Crippen LogP contribution in [0.4, 0.5) is 11.4 Å². The molecule has 7 heteroatoms. The summed E-state index contributed by atoms with van der Waals surface area (Å²) >= 11 is 1.63. The highest BCUT2D eigenvalue weighted by Gasteiger charge is 2.17. The topological polar surface area (TPSA) is 68.9 Å². The van der Waals surface area contributed by atoms with E-state index in [1.165, 1.54) is 11.6 Å². The molecule has 0 radical (unpaired) electrons. The van der Waals surface area contributed by atoms with Gasteiger partial charge in [-0.2, -0.15) is 0 Å². The smallest absolute Gasteiger partial charge is 0.332 e. The lowest BCUT2D eigenvalue weighted by atomic mass is 10.1. The molecule has 3 rings (SSSR count). The fourth-order valence-corrected chi connectivity index (χ4v) is 3.41. The molecule has 0 aliphatic heterocycles. The number of thioether (sulfide) groups is 1. The fraction of sp³-hybridized carbons (Fsp3) is 0.278. The van der Waals surface area contributed by atoms with E-state index >= 15 is 0 Å². The van der Waals surface area contributed by atoms with E-state index in [9.17, 15) is 9.59 Å². The Hall–Kier alpha value is -2.54. The maximum atomic E-state index is 12.8. The van der Waals surface area contributed by atoms with Crippen LogP contribution in [-0.4, -0.2) is 20.4 Å². The first kappa shape index (κ1) is 17.3. The second-order valence-corrected chi connectivity index (χ2v) is 6.59. The lowest BCUT2D eigenvalue weighted by Gasteiger charge is -2.17. The minimum absolute atomic E-state index is 0.343. The van der Waals surface area contributed by atoms with Crippen LogP contribution in [-0.2, 0) is 20.5 Å². The van der Waals surface area contributed by atoms with Crippen LogP contribution in [0.5, 0.6) is 0 Å². The Kier molecular flexibility index (Phi) is 4.67. The van der Waals surface area contributed by atoms with Gasteiger partial charge in [0, 0.05) is 25.2 Å². The van der Waals surface area contributed by atoms with Gasteiger partial charge in [0.15, 0.2) is 5.65 Å². The van der Waals surface area contributed by atoms with Crippen molar-refractivity contribution in [3.8, 4) is 0 Å². The lowest BCUT2D eigenvalue weighted by molar-refractivity contribution is 0.707. The van der Waals surface area contributed by atoms with Crippen molar-refractivity contribution in [3.05, 3.63) is 56.9 Å². The highest BCUT2D eigenvalue weighted by atomic mass is 32.2. The number of rotatable bonds is 4. The zero-order chi connectivity index (χ0) is 18.1. The molecule has 2 heterocycles. The Morgan fingerprint density at radius 1 is 1.16 bits per heavy atom. The number of hydrogen-bond donors (Lipinski definition) is 1. The number of nitrogens with zero attached hydrogens (tertiary/aromatic N) is 3. The van der Waals surface area contributed by atoms with Gasteiger partial charge in [0.25, 0.3) is 5.56 Å². The van der Waals surface area contributed by atoms with Crippen molar-refractivity contribution in [2.45, 2.75) is 18.2 Å². The standard InChI is InChI=1S/C18H20N4O2S/c1-5-11-10-19-16-14(17(23)22(3)18(24)21(16)2)15(11)20-12-8-6-7-9-13(12)25-4/h6-10H,5H2,1-4H3,(H,19,20). The van der Waals surface area contributed by atoms with Crippen molar-refractivity contribution in [1.29, 1.82) is 0 Å². The first-order valence-corrected chi connectivity index (χ1v) is 9.19. The van der Waals surface area contributed by atoms with Gasteiger partial charge in [-0.05, 0) is 30.4 Å². The number of para-hydroxylation sites is 1. The largest absolute Gasteiger partial charge is 0.354 e. The van der Waals surface area contributed by atoms with Crippen LogP contribution in [0.25, 0.3) is 11.0 Å². The molecule has 1 N–H and O–H groups in total. The Bertz CT molecular complexity index is 1070. The summed E-state index contributed by atoms with van der Waals surface area (Å²) in [6.07, 6.45) is 4.46. The van der Waals surface area contributed by atoms with E-state index in [0.717, 1.165) is 27.1 Å². The zero-order valence-corrected chi connectivity index (χ0v) is 15.5. The van der Waals surface area contributed by atoms with E-state index in [0.29, 0.717) is 16.7 Å². The first-order chi connectivity index (χ1) is 12.0. The maximum absolute atomic E-state index is 12.8. The van der Waals surface area contributed by atoms with E-state index in [1.54, 1.807) is 25.0 Å². The van der Waals surface area contributed by atoms with Gasteiger partial charge < -0.3 is 5.32 Å². The molecular weight excluding hydrogens is 336 g/mol. The van der Waals surface area contributed by atoms with Gasteiger partial charge in [-0.15, -0.1) is 11.8 Å². The van der Waals surface area contributed by atoms with Crippen LogP contribution < -0.4 is 16.6 Å². The molecule has 0 saturated carbocycles. The summed E-state index contributed by atoms with van der Waals surface area (Å²) in [7, 11) is 3.12. The number of aromatic nitrogens is 3. The summed E-state index contributed by atoms with van der Waals surface area (Å²) < 4.78 is 2.52. The van der Waals surface area contributed by atoms with Crippen LogP contribution in [0.1, 0.15) is 12.5 Å². The zero-order valence-electron chi connectivity index (χ0n) is 14.7. The molecule has 3 aromatic rings. The van der Waals surface area contributed by atoms with Gasteiger partial charge in [-0.3, -0.25) is 13.9 Å². The molecule has 0 aliphatic rings. The molecule has 0 unspecified atom stereocenters. The fourth-order valence-electron chi connectivity index (χ4n) is 2.86. The van der Waals surface area contributed by atoms with E-state index in [2.05, 4.69) is 10.3 Å². The van der Waals surface area contributed by atoms with E-state index in [-0.39, 0.29) is 11.2 Å². The minimum atomic E-state index is -0.385. The Morgan fingerprint density at radius 2 is 1.88 bits per heavy atom. The lowest BCUT2D eigenvalue weighted by Crippen LogP contribution is -2.37. The van der Waals surface area contributed by atoms with Crippen molar-refractivity contribution in [1.82, 2.24) is 14.1 Å². The molecule has 0 saturated heterocycles. The van der Waals surface area contributed by atoms with Gasteiger partial charge >= 0.3 is 5.69 Å². The molecule has 0 amide bonds. The third-order valence-corrected chi connectivity index (χ3v) is 5.09. The van der Waals surface area contributed by atoms with Gasteiger partial charge in [0.2, 0.25) is 0 Å². The van der Waals surface area contributed by atoms with Crippen molar-refractivity contribution >= 4 is 34.2 Å². The highest BCUT2D eigenvalue weighted by molar-refractivity contribution is 7.98. The normalized spacial score (nSPS) is 11.0. The van der Waals surface area contributed by atoms with Crippen LogP contribution in [0.2, 0.25) is 0 Å². The molecule has 130 valence electrons. The Labute approximate surface area is 149 Å². The summed E-state index contributed by atoms with van der Waals surface area (Å²) in [5, 5.41) is 3.84. The van der Waals surface area contributed by atoms with Gasteiger partial charge in [-0.1, -0.05) is 19.1 Å². The maximum Gasteiger partial charge on any atom is 0.332 e. The molecule has 0 spiro atoms. The van der Waals surface area contributed by atoms with Crippen molar-refractivity contribution in [2.24, 2.45) is 14.1 Å². The number of benzene rings is 1. The second-order valence-electron chi connectivity index (χ2n) is 5.74. The van der Waals surface area contributed by atoms with Crippen LogP contribution in [0.3, 0.4) is 0 Å². The number of aryl methyl sites for hydroxylation is 2. The molecule has 2 aromatic heterocycles. The Balaban J connectivity index is 2.37. The summed E-state index contributed by atoms with van der Waals surface area (Å²) in [5.74, 6) is 0. The molecule has 0 fully saturated rings. The van der Waals surface area contributed by atoms with Crippen LogP contribution in [0.15, 0.2) is 44.9 Å². The summed E-state index contributed by atoms with van der Waals surface area (Å²) in [4.78, 5) is 30.4. The molecule has 0 bridgehead atoms. The third kappa shape index (κ3) is 2.84. The molecule has 6 nitrogen and oxygen atoms in total. The highest BCUT2D eigenvalue weighted by Crippen LogP contribution is 2.31. The van der Waals surface area contributed by atoms with E-state index in [4.69, 9.17) is 0 Å². The van der Waals surface area contributed by atoms with E-state index < -0.39 is 0 Å². The number of hydrogen-bond acceptors (Lipinski definition) is 5. The summed E-state index contributed by atoms with van der Waals surface area (Å²) in [6, 6.07) is 7.93. The number of nitrogens with one attached hydrogen (secondary N) is 1. The Morgan fingerprint density at radius 3 is 2.56 bits per heavy atom. The molecule has 1 aromatic carbocycles. The first-order valence-electron chi connectivity index (χ1n) is 7.97. The number of anilines is 2. The predicted molar refractivity (Wildman–Crippen MR) is 103 cm³/mol. The van der Waals surface area contributed by atoms with Gasteiger partial charge in [0.05, 0.1) is 11.4 Å². The predicted octanol–water partition coefficient (Wildman–Crippen LogP) is 2.66. The average molecular weight is 356 g/mol.